The molecule has 136 valence electrons. The first-order chi connectivity index (χ1) is 13.2. The highest BCUT2D eigenvalue weighted by atomic mass is 16.3. The van der Waals surface area contributed by atoms with E-state index in [9.17, 15) is 0 Å². The zero-order valence-corrected chi connectivity index (χ0v) is 15.5. The van der Waals surface area contributed by atoms with Gasteiger partial charge in [-0.1, -0.05) is 32.0 Å². The Morgan fingerprint density at radius 3 is 2.48 bits per heavy atom. The van der Waals surface area contributed by atoms with E-state index in [4.69, 9.17) is 9.52 Å². The fourth-order valence-electron chi connectivity index (χ4n) is 3.05. The van der Waals surface area contributed by atoms with Crippen molar-refractivity contribution in [3.63, 3.8) is 0 Å². The van der Waals surface area contributed by atoms with Gasteiger partial charge in [0.2, 0.25) is 5.89 Å². The van der Waals surface area contributed by atoms with Gasteiger partial charge in [0.05, 0.1) is 17.6 Å². The van der Waals surface area contributed by atoms with Gasteiger partial charge < -0.3 is 9.73 Å². The summed E-state index contributed by atoms with van der Waals surface area (Å²) in [4.78, 5) is 4.17. The maximum atomic E-state index is 5.33. The molecule has 5 heteroatoms. The highest BCUT2D eigenvalue weighted by Crippen LogP contribution is 2.23. The summed E-state index contributed by atoms with van der Waals surface area (Å²) in [7, 11) is 0. The Balaban J connectivity index is 1.51. The van der Waals surface area contributed by atoms with Gasteiger partial charge in [0.1, 0.15) is 6.26 Å². The molecular formula is C22H22N4O. The van der Waals surface area contributed by atoms with Crippen LogP contribution >= 0.6 is 0 Å². The largest absolute Gasteiger partial charge is 0.445 e. The summed E-state index contributed by atoms with van der Waals surface area (Å²) in [6.07, 6.45) is 5.34. The van der Waals surface area contributed by atoms with E-state index in [1.165, 1.54) is 5.56 Å². The molecule has 0 atom stereocenters. The van der Waals surface area contributed by atoms with Crippen molar-refractivity contribution in [2.24, 2.45) is 0 Å². The summed E-state index contributed by atoms with van der Waals surface area (Å²) in [5.41, 5.74) is 5.40. The van der Waals surface area contributed by atoms with E-state index in [1.54, 1.807) is 12.5 Å². The molecule has 5 nitrogen and oxygen atoms in total. The lowest BCUT2D eigenvalue weighted by molar-refractivity contribution is 0.574. The van der Waals surface area contributed by atoms with Crippen molar-refractivity contribution in [1.29, 1.82) is 0 Å². The molecule has 4 rings (SSSR count). The highest BCUT2D eigenvalue weighted by molar-refractivity contribution is 5.58. The molecule has 0 saturated carbocycles. The molecule has 0 amide bonds. The molecule has 0 bridgehead atoms. The molecule has 0 aliphatic carbocycles. The van der Waals surface area contributed by atoms with Crippen LogP contribution in [0.5, 0.6) is 0 Å². The Labute approximate surface area is 158 Å². The van der Waals surface area contributed by atoms with Gasteiger partial charge in [-0.25, -0.2) is 9.67 Å². The number of aromatic nitrogens is 3. The number of benzene rings is 2. The van der Waals surface area contributed by atoms with E-state index in [1.807, 2.05) is 47.1 Å². The average Bonchev–Trinajstić information content (AvgIpc) is 3.38. The van der Waals surface area contributed by atoms with Crippen molar-refractivity contribution in [3.05, 3.63) is 84.5 Å². The Morgan fingerprint density at radius 2 is 1.81 bits per heavy atom. The van der Waals surface area contributed by atoms with Gasteiger partial charge in [-0.3, -0.25) is 0 Å². The number of hydrogen-bond donors (Lipinski definition) is 1. The fourth-order valence-corrected chi connectivity index (χ4v) is 3.05. The van der Waals surface area contributed by atoms with E-state index >= 15 is 0 Å². The number of rotatable bonds is 6. The second-order valence-corrected chi connectivity index (χ2v) is 6.74. The number of nitrogens with zero attached hydrogens (tertiary/aromatic N) is 3. The Morgan fingerprint density at radius 1 is 1.04 bits per heavy atom. The van der Waals surface area contributed by atoms with Gasteiger partial charge in [0.25, 0.3) is 0 Å². The Kier molecular flexibility index (Phi) is 4.75. The average molecular weight is 358 g/mol. The molecule has 0 spiro atoms. The highest BCUT2D eigenvalue weighted by Gasteiger charge is 2.13. The zero-order valence-electron chi connectivity index (χ0n) is 15.5. The van der Waals surface area contributed by atoms with E-state index in [2.05, 4.69) is 42.5 Å². The van der Waals surface area contributed by atoms with E-state index in [-0.39, 0.29) is 0 Å². The van der Waals surface area contributed by atoms with Gasteiger partial charge >= 0.3 is 0 Å². The van der Waals surface area contributed by atoms with Crippen LogP contribution in [0, 0.1) is 0 Å². The smallest absolute Gasteiger partial charge is 0.225 e. The third-order valence-corrected chi connectivity index (χ3v) is 4.44. The molecular weight excluding hydrogens is 336 g/mol. The second kappa shape index (κ2) is 7.50. The Hall–Kier alpha value is -3.34. The molecule has 27 heavy (non-hydrogen) atoms. The van der Waals surface area contributed by atoms with Gasteiger partial charge in [0.15, 0.2) is 0 Å². The van der Waals surface area contributed by atoms with Crippen LogP contribution in [0.2, 0.25) is 0 Å². The summed E-state index contributed by atoms with van der Waals surface area (Å²) >= 11 is 0. The first kappa shape index (κ1) is 17.1. The molecule has 0 saturated heterocycles. The first-order valence-electron chi connectivity index (χ1n) is 9.08. The van der Waals surface area contributed by atoms with Crippen molar-refractivity contribution >= 4 is 5.69 Å². The molecule has 0 fully saturated rings. The van der Waals surface area contributed by atoms with E-state index in [0.717, 1.165) is 29.2 Å². The number of hydrogen-bond acceptors (Lipinski definition) is 4. The lowest BCUT2D eigenvalue weighted by atomic mass is 10.1. The third-order valence-electron chi connectivity index (χ3n) is 4.44. The second-order valence-electron chi connectivity index (χ2n) is 6.74. The molecule has 4 aromatic rings. The van der Waals surface area contributed by atoms with Gasteiger partial charge in [0, 0.05) is 29.6 Å². The summed E-state index contributed by atoms with van der Waals surface area (Å²) < 4.78 is 7.29. The van der Waals surface area contributed by atoms with Crippen LogP contribution in [-0.4, -0.2) is 14.8 Å². The van der Waals surface area contributed by atoms with Gasteiger partial charge in [-0.2, -0.15) is 5.10 Å². The standard InChI is InChI=1S/C22H22N4O/c1-16(2)21-18(15-26(25-21)20-6-4-3-5-7-20)14-24-19-10-8-17(9-11-19)22-23-12-13-27-22/h3-13,15-16,24H,14H2,1-2H3. The van der Waals surface area contributed by atoms with Gasteiger partial charge in [-0.05, 0) is 42.3 Å². The molecule has 0 aliphatic rings. The summed E-state index contributed by atoms with van der Waals surface area (Å²) in [5.74, 6) is 0.993. The van der Waals surface area contributed by atoms with Crippen LogP contribution in [0.15, 0.2) is 77.7 Å². The topological polar surface area (TPSA) is 55.9 Å². The maximum absolute atomic E-state index is 5.33. The first-order valence-corrected chi connectivity index (χ1v) is 9.08. The van der Waals surface area contributed by atoms with Crippen LogP contribution in [-0.2, 0) is 6.54 Å². The molecule has 2 aromatic heterocycles. The maximum Gasteiger partial charge on any atom is 0.225 e. The summed E-state index contributed by atoms with van der Waals surface area (Å²) in [6, 6.07) is 18.3. The predicted molar refractivity (Wildman–Crippen MR) is 107 cm³/mol. The Bertz CT molecular complexity index is 987. The third kappa shape index (κ3) is 3.77. The number of para-hydroxylation sites is 1. The predicted octanol–water partition coefficient (Wildman–Crippen LogP) is 5.26. The van der Waals surface area contributed by atoms with Crippen LogP contribution in [0.3, 0.4) is 0 Å². The van der Waals surface area contributed by atoms with Crippen molar-refractivity contribution < 1.29 is 4.42 Å². The quantitative estimate of drug-likeness (QED) is 0.510. The van der Waals surface area contributed by atoms with Crippen LogP contribution < -0.4 is 5.32 Å². The summed E-state index contributed by atoms with van der Waals surface area (Å²) in [6.45, 7) is 5.07. The minimum Gasteiger partial charge on any atom is -0.445 e. The molecule has 2 aromatic carbocycles. The van der Waals surface area contributed by atoms with E-state index < -0.39 is 0 Å². The number of nitrogens with one attached hydrogen (secondary N) is 1. The van der Waals surface area contributed by atoms with Crippen molar-refractivity contribution in [2.75, 3.05) is 5.32 Å². The molecule has 0 unspecified atom stereocenters. The van der Waals surface area contributed by atoms with Crippen LogP contribution in [0.1, 0.15) is 31.0 Å². The minimum atomic E-state index is 0.360. The monoisotopic (exact) mass is 358 g/mol. The van der Waals surface area contributed by atoms with Crippen molar-refractivity contribution in [2.45, 2.75) is 26.3 Å². The SMILES string of the molecule is CC(C)c1nn(-c2ccccc2)cc1CNc1ccc(-c2ncco2)cc1. The molecule has 0 aliphatic heterocycles. The van der Waals surface area contributed by atoms with Crippen LogP contribution in [0.25, 0.3) is 17.1 Å². The van der Waals surface area contributed by atoms with Gasteiger partial charge in [-0.15, -0.1) is 0 Å². The normalized spacial score (nSPS) is 11.1. The minimum absolute atomic E-state index is 0.360. The molecule has 0 radical (unpaired) electrons. The van der Waals surface area contributed by atoms with Crippen molar-refractivity contribution in [3.8, 4) is 17.1 Å². The summed E-state index contributed by atoms with van der Waals surface area (Å²) in [5, 5.41) is 8.29. The zero-order chi connectivity index (χ0) is 18.6. The molecule has 1 N–H and O–H groups in total. The number of oxazole rings is 1. The lowest BCUT2D eigenvalue weighted by Gasteiger charge is -2.08. The number of anilines is 1. The fraction of sp³-hybridized carbons (Fsp3) is 0.182. The molecule has 2 heterocycles. The van der Waals surface area contributed by atoms with Crippen LogP contribution in [0.4, 0.5) is 5.69 Å². The van der Waals surface area contributed by atoms with Crippen molar-refractivity contribution in [1.82, 2.24) is 14.8 Å². The lowest BCUT2D eigenvalue weighted by Crippen LogP contribution is -2.02. The van der Waals surface area contributed by atoms with E-state index in [0.29, 0.717) is 11.8 Å².